The fourth-order valence-electron chi connectivity index (χ4n) is 2.05. The van der Waals surface area contributed by atoms with Crippen LogP contribution in [0.4, 0.5) is 0 Å². The second kappa shape index (κ2) is 4.68. The summed E-state index contributed by atoms with van der Waals surface area (Å²) in [5, 5.41) is 0. The lowest BCUT2D eigenvalue weighted by molar-refractivity contribution is 0.338. The molecular formula is C12H21NO4S. The highest BCUT2D eigenvalue weighted by Crippen LogP contribution is 2.36. The van der Waals surface area contributed by atoms with Crippen LogP contribution in [0.15, 0.2) is 9.31 Å². The highest BCUT2D eigenvalue weighted by atomic mass is 32.2. The molecule has 1 rings (SSSR count). The monoisotopic (exact) mass is 275 g/mol. The molecule has 6 heteroatoms. The van der Waals surface area contributed by atoms with Crippen molar-refractivity contribution in [2.75, 3.05) is 14.1 Å². The van der Waals surface area contributed by atoms with Crippen LogP contribution in [-0.4, -0.2) is 32.0 Å². The first-order valence-corrected chi connectivity index (χ1v) is 7.13. The largest absolute Gasteiger partial charge is 0.463 e. The molecule has 1 N–H and O–H groups in total. The summed E-state index contributed by atoms with van der Waals surface area (Å²) in [6.07, 6.45) is 0. The maximum Gasteiger partial charge on any atom is 0.298 e. The molecule has 0 radical (unpaired) electrons. The summed E-state index contributed by atoms with van der Waals surface area (Å²) < 4.78 is 37.9. The molecule has 0 amide bonds. The Morgan fingerprint density at radius 1 is 1.28 bits per heavy atom. The lowest BCUT2D eigenvalue weighted by atomic mass is 9.86. The second-order valence-corrected chi connectivity index (χ2v) is 7.11. The highest BCUT2D eigenvalue weighted by molar-refractivity contribution is 7.86. The van der Waals surface area contributed by atoms with Crippen LogP contribution in [0.3, 0.4) is 0 Å². The molecule has 0 unspecified atom stereocenters. The number of furan rings is 1. The van der Waals surface area contributed by atoms with Crippen molar-refractivity contribution in [3.05, 3.63) is 17.1 Å². The third kappa shape index (κ3) is 3.13. The Bertz CT molecular complexity index is 535. The van der Waals surface area contributed by atoms with Gasteiger partial charge < -0.3 is 9.32 Å². The van der Waals surface area contributed by atoms with Gasteiger partial charge in [-0.25, -0.2) is 0 Å². The minimum absolute atomic E-state index is 0.0909. The van der Waals surface area contributed by atoms with Gasteiger partial charge in [-0.2, -0.15) is 8.42 Å². The van der Waals surface area contributed by atoms with Gasteiger partial charge in [0, 0.05) is 5.56 Å². The topological polar surface area (TPSA) is 70.8 Å². The Morgan fingerprint density at radius 2 is 1.78 bits per heavy atom. The van der Waals surface area contributed by atoms with Gasteiger partial charge in [0.25, 0.3) is 10.1 Å². The summed E-state index contributed by atoms with van der Waals surface area (Å²) in [5.74, 6) is 0.817. The number of hydrogen-bond acceptors (Lipinski definition) is 4. The van der Waals surface area contributed by atoms with E-state index in [1.807, 2.05) is 39.8 Å². The van der Waals surface area contributed by atoms with Gasteiger partial charge in [0.05, 0.1) is 6.54 Å². The zero-order chi connectivity index (χ0) is 14.3. The van der Waals surface area contributed by atoms with Crippen molar-refractivity contribution in [3.63, 3.8) is 0 Å². The zero-order valence-corrected chi connectivity index (χ0v) is 12.6. The molecule has 1 heterocycles. The molecule has 0 saturated heterocycles. The first kappa shape index (κ1) is 15.2. The molecular weight excluding hydrogens is 254 g/mol. The summed E-state index contributed by atoms with van der Waals surface area (Å²) in [6.45, 7) is 7.72. The number of hydrogen-bond donors (Lipinski definition) is 1. The normalized spacial score (nSPS) is 13.3. The second-order valence-electron chi connectivity index (χ2n) is 5.75. The highest BCUT2D eigenvalue weighted by Gasteiger charge is 2.33. The van der Waals surface area contributed by atoms with Gasteiger partial charge in [0.1, 0.15) is 16.4 Å². The van der Waals surface area contributed by atoms with Gasteiger partial charge in [0.15, 0.2) is 0 Å². The Kier molecular flexibility index (Phi) is 3.95. The maximum absolute atomic E-state index is 11.5. The minimum atomic E-state index is -4.27. The van der Waals surface area contributed by atoms with Crippen molar-refractivity contribution in [1.82, 2.24) is 4.90 Å². The van der Waals surface area contributed by atoms with Crippen LogP contribution < -0.4 is 0 Å². The summed E-state index contributed by atoms with van der Waals surface area (Å²) in [5.41, 5.74) is 0.130. The SMILES string of the molecule is Cc1oc(CN(C)C)c(C(C)(C)C)c1S(=O)(=O)O. The molecule has 1 aromatic heterocycles. The van der Waals surface area contributed by atoms with E-state index in [0.29, 0.717) is 17.9 Å². The molecule has 1 aromatic rings. The molecule has 0 atom stereocenters. The molecule has 0 aliphatic heterocycles. The van der Waals surface area contributed by atoms with E-state index < -0.39 is 15.5 Å². The van der Waals surface area contributed by atoms with E-state index >= 15 is 0 Å². The Labute approximate surface area is 109 Å². The summed E-state index contributed by atoms with van der Waals surface area (Å²) in [6, 6.07) is 0. The van der Waals surface area contributed by atoms with Crippen molar-refractivity contribution in [2.24, 2.45) is 0 Å². The Hall–Kier alpha value is -0.850. The van der Waals surface area contributed by atoms with Gasteiger partial charge in [-0.1, -0.05) is 20.8 Å². The summed E-state index contributed by atoms with van der Waals surface area (Å²) in [7, 11) is -0.530. The summed E-state index contributed by atoms with van der Waals surface area (Å²) >= 11 is 0. The molecule has 104 valence electrons. The third-order valence-corrected chi connectivity index (χ3v) is 3.58. The molecule has 18 heavy (non-hydrogen) atoms. The van der Waals surface area contributed by atoms with E-state index in [1.165, 1.54) is 0 Å². The van der Waals surface area contributed by atoms with Crippen LogP contribution in [0.5, 0.6) is 0 Å². The molecule has 0 saturated carbocycles. The zero-order valence-electron chi connectivity index (χ0n) is 11.7. The number of nitrogens with zero attached hydrogens (tertiary/aromatic N) is 1. The van der Waals surface area contributed by atoms with Gasteiger partial charge in [-0.3, -0.25) is 4.55 Å². The predicted octanol–water partition coefficient (Wildman–Crippen LogP) is 2.19. The van der Waals surface area contributed by atoms with Crippen LogP contribution >= 0.6 is 0 Å². The lowest BCUT2D eigenvalue weighted by Crippen LogP contribution is -2.20. The van der Waals surface area contributed by atoms with E-state index in [9.17, 15) is 13.0 Å². The smallest absolute Gasteiger partial charge is 0.298 e. The molecule has 5 nitrogen and oxygen atoms in total. The quantitative estimate of drug-likeness (QED) is 0.856. The minimum Gasteiger partial charge on any atom is -0.463 e. The number of rotatable bonds is 3. The van der Waals surface area contributed by atoms with Gasteiger partial charge in [-0.05, 0) is 26.4 Å². The van der Waals surface area contributed by atoms with Gasteiger partial charge in [0.2, 0.25) is 0 Å². The average molecular weight is 275 g/mol. The molecule has 0 fully saturated rings. The van der Waals surface area contributed by atoms with Gasteiger partial charge >= 0.3 is 0 Å². The van der Waals surface area contributed by atoms with E-state index in [2.05, 4.69) is 0 Å². The van der Waals surface area contributed by atoms with Crippen LogP contribution in [0, 0.1) is 6.92 Å². The van der Waals surface area contributed by atoms with Crippen molar-refractivity contribution < 1.29 is 17.4 Å². The van der Waals surface area contributed by atoms with Crippen LogP contribution in [0.1, 0.15) is 37.9 Å². The molecule has 0 aliphatic carbocycles. The lowest BCUT2D eigenvalue weighted by Gasteiger charge is -2.21. The van der Waals surface area contributed by atoms with E-state index in [1.54, 1.807) is 6.92 Å². The average Bonchev–Trinajstić information content (AvgIpc) is 2.38. The fourth-order valence-corrected chi connectivity index (χ4v) is 3.14. The first-order valence-electron chi connectivity index (χ1n) is 5.69. The number of aryl methyl sites for hydroxylation is 1. The molecule has 0 aromatic carbocycles. The third-order valence-electron chi connectivity index (χ3n) is 2.57. The van der Waals surface area contributed by atoms with Crippen molar-refractivity contribution in [3.8, 4) is 0 Å². The standard InChI is InChI=1S/C12H21NO4S/c1-8-11(18(14,15)16)10(12(2,3)4)9(17-8)7-13(5)6/h7H2,1-6H3,(H,14,15,16). The van der Waals surface area contributed by atoms with Crippen molar-refractivity contribution in [2.45, 2.75) is 44.6 Å². The van der Waals surface area contributed by atoms with Crippen molar-refractivity contribution >= 4 is 10.1 Å². The fraction of sp³-hybridized carbons (Fsp3) is 0.667. The molecule has 0 aliphatic rings. The Morgan fingerprint density at radius 3 is 2.11 bits per heavy atom. The maximum atomic E-state index is 11.5. The predicted molar refractivity (Wildman–Crippen MR) is 69.4 cm³/mol. The van der Waals surface area contributed by atoms with Crippen molar-refractivity contribution in [1.29, 1.82) is 0 Å². The van der Waals surface area contributed by atoms with Gasteiger partial charge in [-0.15, -0.1) is 0 Å². The summed E-state index contributed by atoms with van der Waals surface area (Å²) in [4.78, 5) is 1.80. The first-order chi connectivity index (χ1) is 7.94. The van der Waals surface area contributed by atoms with Crippen LogP contribution in [-0.2, 0) is 22.1 Å². The van der Waals surface area contributed by atoms with E-state index in [4.69, 9.17) is 4.42 Å². The van der Waals surface area contributed by atoms with Crippen LogP contribution in [0.2, 0.25) is 0 Å². The Balaban J connectivity index is 3.58. The van der Waals surface area contributed by atoms with Crippen LogP contribution in [0.25, 0.3) is 0 Å². The molecule has 0 bridgehead atoms. The molecule has 0 spiro atoms. The van der Waals surface area contributed by atoms with E-state index in [0.717, 1.165) is 0 Å². The van der Waals surface area contributed by atoms with E-state index in [-0.39, 0.29) is 10.7 Å².